The minimum absolute atomic E-state index is 0.0407. The number of nitrogens with zero attached hydrogens (tertiary/aromatic N) is 2. The van der Waals surface area contributed by atoms with E-state index in [4.69, 9.17) is 11.6 Å². The third-order valence-corrected chi connectivity index (χ3v) is 5.21. The number of benzene rings is 1. The summed E-state index contributed by atoms with van der Waals surface area (Å²) in [5, 5.41) is 9.91. The van der Waals surface area contributed by atoms with Crippen molar-refractivity contribution in [1.82, 2.24) is 4.98 Å². The lowest BCUT2D eigenvalue weighted by Crippen LogP contribution is -2.36. The predicted molar refractivity (Wildman–Crippen MR) is 86.6 cm³/mol. The molecule has 1 heterocycles. The van der Waals surface area contributed by atoms with Gasteiger partial charge in [0, 0.05) is 6.20 Å². The van der Waals surface area contributed by atoms with E-state index in [2.05, 4.69) is 4.98 Å². The summed E-state index contributed by atoms with van der Waals surface area (Å²) in [5.41, 5.74) is 1.06. The fourth-order valence-electron chi connectivity index (χ4n) is 1.98. The van der Waals surface area contributed by atoms with Gasteiger partial charge in [0.2, 0.25) is 0 Å². The van der Waals surface area contributed by atoms with Crippen LogP contribution in [0.1, 0.15) is 12.5 Å². The molecule has 1 aromatic carbocycles. The Morgan fingerprint density at radius 3 is 2.50 bits per heavy atom. The minimum Gasteiger partial charge on any atom is -0.392 e. The van der Waals surface area contributed by atoms with Crippen LogP contribution in [0, 0.1) is 6.92 Å². The number of halogens is 1. The Morgan fingerprint density at radius 1 is 1.32 bits per heavy atom. The van der Waals surface area contributed by atoms with Gasteiger partial charge in [0.05, 0.1) is 18.3 Å². The molecule has 0 aliphatic heterocycles. The van der Waals surface area contributed by atoms with Crippen LogP contribution in [0.2, 0.25) is 5.15 Å². The molecule has 2 aromatic rings. The quantitative estimate of drug-likeness (QED) is 0.849. The number of pyridine rings is 1. The number of anilines is 1. The molecule has 2 rings (SSSR count). The average Bonchev–Trinajstić information content (AvgIpc) is 2.48. The van der Waals surface area contributed by atoms with Gasteiger partial charge >= 0.3 is 0 Å². The standard InChI is InChI=1S/C15H17ClN2O3S/c1-11-8-14(9-17-15(11)16)22(20,21)18(10-12(2)19)13-6-4-3-5-7-13/h3-9,12,19H,10H2,1-2H3. The third-order valence-electron chi connectivity index (χ3n) is 3.05. The zero-order valence-corrected chi connectivity index (χ0v) is 13.8. The van der Waals surface area contributed by atoms with E-state index >= 15 is 0 Å². The number of rotatable bonds is 5. The van der Waals surface area contributed by atoms with Gasteiger partial charge in [-0.3, -0.25) is 4.31 Å². The van der Waals surface area contributed by atoms with Crippen LogP contribution in [0.5, 0.6) is 0 Å². The Hall–Kier alpha value is -1.63. The maximum atomic E-state index is 12.9. The molecule has 5 nitrogen and oxygen atoms in total. The number of aliphatic hydroxyl groups is 1. The number of aryl methyl sites for hydroxylation is 1. The van der Waals surface area contributed by atoms with Crippen LogP contribution in [-0.4, -0.2) is 31.2 Å². The third kappa shape index (κ3) is 3.58. The van der Waals surface area contributed by atoms with E-state index < -0.39 is 16.1 Å². The van der Waals surface area contributed by atoms with Crippen molar-refractivity contribution in [3.8, 4) is 0 Å². The lowest BCUT2D eigenvalue weighted by molar-refractivity contribution is 0.204. The van der Waals surface area contributed by atoms with E-state index in [-0.39, 0.29) is 16.6 Å². The largest absolute Gasteiger partial charge is 0.392 e. The topological polar surface area (TPSA) is 70.5 Å². The van der Waals surface area contributed by atoms with Crippen molar-refractivity contribution in [2.45, 2.75) is 24.8 Å². The van der Waals surface area contributed by atoms with E-state index in [0.29, 0.717) is 11.3 Å². The average molecular weight is 341 g/mol. The number of hydrogen-bond donors (Lipinski definition) is 1. The van der Waals surface area contributed by atoms with E-state index in [1.807, 2.05) is 0 Å². The first kappa shape index (κ1) is 16.7. The lowest BCUT2D eigenvalue weighted by Gasteiger charge is -2.25. The molecule has 0 aliphatic rings. The Bertz CT molecular complexity index is 749. The van der Waals surface area contributed by atoms with Gasteiger partial charge in [-0.05, 0) is 37.6 Å². The fraction of sp³-hybridized carbons (Fsp3) is 0.267. The van der Waals surface area contributed by atoms with Gasteiger partial charge in [-0.2, -0.15) is 0 Å². The highest BCUT2D eigenvalue weighted by molar-refractivity contribution is 7.92. The van der Waals surface area contributed by atoms with Crippen molar-refractivity contribution >= 4 is 27.3 Å². The van der Waals surface area contributed by atoms with Crippen molar-refractivity contribution < 1.29 is 13.5 Å². The summed E-state index contributed by atoms with van der Waals surface area (Å²) < 4.78 is 26.9. The monoisotopic (exact) mass is 340 g/mol. The molecule has 22 heavy (non-hydrogen) atoms. The summed E-state index contributed by atoms with van der Waals surface area (Å²) in [6.45, 7) is 3.18. The molecule has 0 saturated heterocycles. The molecule has 0 amide bonds. The number of para-hydroxylation sites is 1. The van der Waals surface area contributed by atoms with Crippen LogP contribution in [0.25, 0.3) is 0 Å². The van der Waals surface area contributed by atoms with Crippen LogP contribution in [0.4, 0.5) is 5.69 Å². The van der Waals surface area contributed by atoms with E-state index in [9.17, 15) is 13.5 Å². The van der Waals surface area contributed by atoms with Crippen molar-refractivity contribution in [3.05, 3.63) is 53.3 Å². The molecule has 0 radical (unpaired) electrons. The molecule has 0 bridgehead atoms. The number of aliphatic hydroxyl groups excluding tert-OH is 1. The van der Waals surface area contributed by atoms with Gasteiger partial charge in [-0.1, -0.05) is 29.8 Å². The first-order valence-corrected chi connectivity index (χ1v) is 8.52. The van der Waals surface area contributed by atoms with Crippen molar-refractivity contribution in [1.29, 1.82) is 0 Å². The molecule has 0 aliphatic carbocycles. The molecule has 0 spiro atoms. The summed E-state index contributed by atoms with van der Waals surface area (Å²) in [7, 11) is -3.84. The second kappa shape index (κ2) is 6.64. The molecular formula is C15H17ClN2O3S. The predicted octanol–water partition coefficient (Wildman–Crippen LogP) is 2.62. The summed E-state index contributed by atoms with van der Waals surface area (Å²) >= 11 is 5.85. The Kier molecular flexibility index (Phi) is 5.05. The Morgan fingerprint density at radius 2 is 1.95 bits per heavy atom. The Labute approximate surface area is 135 Å². The zero-order valence-electron chi connectivity index (χ0n) is 12.3. The first-order chi connectivity index (χ1) is 10.3. The highest BCUT2D eigenvalue weighted by atomic mass is 35.5. The highest BCUT2D eigenvalue weighted by Crippen LogP contribution is 2.25. The molecule has 1 N–H and O–H groups in total. The van der Waals surface area contributed by atoms with Gasteiger partial charge in [0.25, 0.3) is 10.0 Å². The van der Waals surface area contributed by atoms with E-state index in [1.165, 1.54) is 23.5 Å². The summed E-state index contributed by atoms with van der Waals surface area (Å²) in [6, 6.07) is 10.1. The lowest BCUT2D eigenvalue weighted by atomic mass is 10.3. The van der Waals surface area contributed by atoms with Crippen LogP contribution in [-0.2, 0) is 10.0 Å². The van der Waals surface area contributed by atoms with Gasteiger partial charge < -0.3 is 5.11 Å². The molecule has 1 aromatic heterocycles. The highest BCUT2D eigenvalue weighted by Gasteiger charge is 2.26. The van der Waals surface area contributed by atoms with Crippen LogP contribution < -0.4 is 4.31 Å². The van der Waals surface area contributed by atoms with Gasteiger partial charge in [-0.25, -0.2) is 13.4 Å². The van der Waals surface area contributed by atoms with Crippen molar-refractivity contribution in [2.75, 3.05) is 10.8 Å². The fourth-order valence-corrected chi connectivity index (χ4v) is 3.66. The zero-order chi connectivity index (χ0) is 16.3. The molecule has 118 valence electrons. The number of hydrogen-bond acceptors (Lipinski definition) is 4. The first-order valence-electron chi connectivity index (χ1n) is 6.70. The van der Waals surface area contributed by atoms with E-state index in [0.717, 1.165) is 0 Å². The van der Waals surface area contributed by atoms with Crippen LogP contribution in [0.3, 0.4) is 0 Å². The second-order valence-electron chi connectivity index (χ2n) is 5.00. The van der Waals surface area contributed by atoms with Crippen LogP contribution in [0.15, 0.2) is 47.5 Å². The summed E-state index contributed by atoms with van der Waals surface area (Å²) in [6.07, 6.45) is 0.416. The molecule has 7 heteroatoms. The smallest absolute Gasteiger partial charge is 0.265 e. The summed E-state index contributed by atoms with van der Waals surface area (Å²) in [5.74, 6) is 0. The molecular weight excluding hydrogens is 324 g/mol. The molecule has 1 unspecified atom stereocenters. The Balaban J connectivity index is 2.51. The molecule has 0 fully saturated rings. The SMILES string of the molecule is Cc1cc(S(=O)(=O)N(CC(C)O)c2ccccc2)cnc1Cl. The number of sulfonamides is 1. The van der Waals surface area contributed by atoms with E-state index in [1.54, 1.807) is 37.3 Å². The van der Waals surface area contributed by atoms with Crippen molar-refractivity contribution in [3.63, 3.8) is 0 Å². The minimum atomic E-state index is -3.84. The molecule has 0 saturated carbocycles. The second-order valence-corrected chi connectivity index (χ2v) is 7.22. The maximum Gasteiger partial charge on any atom is 0.265 e. The molecule has 1 atom stereocenters. The number of aromatic nitrogens is 1. The normalized spacial score (nSPS) is 12.9. The summed E-state index contributed by atoms with van der Waals surface area (Å²) in [4.78, 5) is 3.94. The van der Waals surface area contributed by atoms with Gasteiger partial charge in [0.15, 0.2) is 0 Å². The maximum absolute atomic E-state index is 12.9. The van der Waals surface area contributed by atoms with Gasteiger partial charge in [0.1, 0.15) is 10.0 Å². The van der Waals surface area contributed by atoms with Crippen LogP contribution >= 0.6 is 11.6 Å². The van der Waals surface area contributed by atoms with Gasteiger partial charge in [-0.15, -0.1) is 0 Å². The van der Waals surface area contributed by atoms with Crippen molar-refractivity contribution in [2.24, 2.45) is 0 Å².